The SMILES string of the molecule is CCCCC1CCC(CCc2ccc(-c3ccc(OCCC)cc3)nc2)CC1. The van der Waals surface area contributed by atoms with Gasteiger partial charge >= 0.3 is 0 Å². The number of aryl methyl sites for hydroxylation is 1. The van der Waals surface area contributed by atoms with Crippen LogP contribution in [0.2, 0.25) is 0 Å². The van der Waals surface area contributed by atoms with Gasteiger partial charge in [0.2, 0.25) is 0 Å². The van der Waals surface area contributed by atoms with Crippen molar-refractivity contribution in [1.29, 1.82) is 0 Å². The first-order valence-electron chi connectivity index (χ1n) is 11.5. The number of nitrogens with zero attached hydrogens (tertiary/aromatic N) is 1. The van der Waals surface area contributed by atoms with E-state index in [0.717, 1.165) is 41.9 Å². The normalized spacial score (nSPS) is 19.5. The van der Waals surface area contributed by atoms with Crippen molar-refractivity contribution in [2.24, 2.45) is 11.8 Å². The molecule has 1 heterocycles. The highest BCUT2D eigenvalue weighted by atomic mass is 16.5. The first-order chi connectivity index (χ1) is 13.8. The molecule has 1 aromatic heterocycles. The first kappa shape index (κ1) is 20.9. The number of unbranched alkanes of at least 4 members (excludes halogenated alkanes) is 1. The highest BCUT2D eigenvalue weighted by Gasteiger charge is 2.20. The Bertz CT molecular complexity index is 669. The fourth-order valence-corrected chi connectivity index (χ4v) is 4.36. The van der Waals surface area contributed by atoms with Crippen molar-refractivity contribution >= 4 is 0 Å². The standard InChI is InChI=1S/C26H37NO/c1-3-5-6-21-7-9-22(10-8-21)11-12-23-13-18-26(27-20-23)24-14-16-25(17-15-24)28-19-4-2/h13-18,20-22H,3-12,19H2,1-2H3. The molecule has 0 bridgehead atoms. The molecule has 0 aliphatic heterocycles. The van der Waals surface area contributed by atoms with Crippen LogP contribution in [-0.4, -0.2) is 11.6 Å². The van der Waals surface area contributed by atoms with Gasteiger partial charge in [0, 0.05) is 11.8 Å². The molecule has 1 aliphatic rings. The minimum Gasteiger partial charge on any atom is -0.494 e. The van der Waals surface area contributed by atoms with E-state index in [4.69, 9.17) is 9.72 Å². The van der Waals surface area contributed by atoms with E-state index >= 15 is 0 Å². The van der Waals surface area contributed by atoms with Gasteiger partial charge in [-0.15, -0.1) is 0 Å². The number of benzene rings is 1. The van der Waals surface area contributed by atoms with Crippen molar-refractivity contribution in [3.63, 3.8) is 0 Å². The lowest BCUT2D eigenvalue weighted by molar-refractivity contribution is 0.250. The molecule has 2 heteroatoms. The van der Waals surface area contributed by atoms with Gasteiger partial charge in [0.15, 0.2) is 0 Å². The van der Waals surface area contributed by atoms with E-state index in [2.05, 4.69) is 44.3 Å². The van der Waals surface area contributed by atoms with E-state index in [0.29, 0.717) is 0 Å². The van der Waals surface area contributed by atoms with Crippen LogP contribution < -0.4 is 4.74 Å². The minimum atomic E-state index is 0.771. The van der Waals surface area contributed by atoms with Crippen LogP contribution in [0.25, 0.3) is 11.3 Å². The van der Waals surface area contributed by atoms with Crippen molar-refractivity contribution in [2.45, 2.75) is 78.1 Å². The topological polar surface area (TPSA) is 22.1 Å². The molecule has 0 saturated heterocycles. The second-order valence-electron chi connectivity index (χ2n) is 8.49. The van der Waals surface area contributed by atoms with Crippen molar-refractivity contribution in [2.75, 3.05) is 6.61 Å². The van der Waals surface area contributed by atoms with Crippen LogP contribution in [0.15, 0.2) is 42.6 Å². The van der Waals surface area contributed by atoms with E-state index in [-0.39, 0.29) is 0 Å². The Morgan fingerprint density at radius 2 is 1.57 bits per heavy atom. The quantitative estimate of drug-likeness (QED) is 0.427. The lowest BCUT2D eigenvalue weighted by Gasteiger charge is -2.28. The molecule has 0 radical (unpaired) electrons. The molecule has 2 aromatic rings. The molecule has 152 valence electrons. The van der Waals surface area contributed by atoms with Gasteiger partial charge < -0.3 is 4.74 Å². The Kier molecular flexibility index (Phi) is 8.39. The molecule has 2 nitrogen and oxygen atoms in total. The van der Waals surface area contributed by atoms with Crippen molar-refractivity contribution in [3.8, 4) is 17.0 Å². The van der Waals surface area contributed by atoms with Crippen LogP contribution in [0.1, 0.15) is 77.2 Å². The molecule has 28 heavy (non-hydrogen) atoms. The fourth-order valence-electron chi connectivity index (χ4n) is 4.36. The molecule has 1 aromatic carbocycles. The van der Waals surface area contributed by atoms with Gasteiger partial charge in [-0.1, -0.05) is 64.9 Å². The molecule has 1 saturated carbocycles. The minimum absolute atomic E-state index is 0.771. The van der Waals surface area contributed by atoms with Gasteiger partial charge in [-0.3, -0.25) is 4.98 Å². The highest BCUT2D eigenvalue weighted by molar-refractivity contribution is 5.60. The maximum absolute atomic E-state index is 5.66. The summed E-state index contributed by atoms with van der Waals surface area (Å²) in [7, 11) is 0. The van der Waals surface area contributed by atoms with Gasteiger partial charge in [0.05, 0.1) is 12.3 Å². The smallest absolute Gasteiger partial charge is 0.119 e. The molecule has 3 rings (SSSR count). The Labute approximate surface area is 171 Å². The molecular formula is C26H37NO. The molecular weight excluding hydrogens is 342 g/mol. The summed E-state index contributed by atoms with van der Waals surface area (Å²) < 4.78 is 5.66. The predicted molar refractivity (Wildman–Crippen MR) is 119 cm³/mol. The number of rotatable bonds is 10. The Hall–Kier alpha value is -1.83. The summed E-state index contributed by atoms with van der Waals surface area (Å²) >= 11 is 0. The summed E-state index contributed by atoms with van der Waals surface area (Å²) in [4.78, 5) is 4.71. The van der Waals surface area contributed by atoms with Gasteiger partial charge in [0.25, 0.3) is 0 Å². The average Bonchev–Trinajstić information content (AvgIpc) is 2.76. The maximum Gasteiger partial charge on any atom is 0.119 e. The Balaban J connectivity index is 1.44. The molecule has 1 fully saturated rings. The lowest BCUT2D eigenvalue weighted by Crippen LogP contribution is -2.15. The van der Waals surface area contributed by atoms with Gasteiger partial charge in [-0.2, -0.15) is 0 Å². The zero-order valence-corrected chi connectivity index (χ0v) is 17.8. The van der Waals surface area contributed by atoms with Crippen molar-refractivity contribution in [3.05, 3.63) is 48.2 Å². The van der Waals surface area contributed by atoms with Gasteiger partial charge in [0.1, 0.15) is 5.75 Å². The third-order valence-corrected chi connectivity index (χ3v) is 6.22. The second kappa shape index (κ2) is 11.2. The van der Waals surface area contributed by atoms with E-state index < -0.39 is 0 Å². The summed E-state index contributed by atoms with van der Waals surface area (Å²) in [6, 6.07) is 12.7. The van der Waals surface area contributed by atoms with Crippen LogP contribution >= 0.6 is 0 Å². The molecule has 0 spiro atoms. The monoisotopic (exact) mass is 379 g/mol. The van der Waals surface area contributed by atoms with Crippen molar-refractivity contribution < 1.29 is 4.74 Å². The van der Waals surface area contributed by atoms with Gasteiger partial charge in [-0.25, -0.2) is 0 Å². The largest absolute Gasteiger partial charge is 0.494 e. The third-order valence-electron chi connectivity index (χ3n) is 6.22. The summed E-state index contributed by atoms with van der Waals surface area (Å²) in [5, 5.41) is 0. The van der Waals surface area contributed by atoms with E-state index in [9.17, 15) is 0 Å². The second-order valence-corrected chi connectivity index (χ2v) is 8.49. The van der Waals surface area contributed by atoms with Gasteiger partial charge in [-0.05, 0) is 67.0 Å². The van der Waals surface area contributed by atoms with E-state index in [1.165, 1.54) is 63.4 Å². The Morgan fingerprint density at radius 3 is 2.18 bits per heavy atom. The van der Waals surface area contributed by atoms with Crippen LogP contribution in [0, 0.1) is 11.8 Å². The molecule has 0 N–H and O–H groups in total. The predicted octanol–water partition coefficient (Wildman–Crippen LogP) is 7.47. The Morgan fingerprint density at radius 1 is 0.857 bits per heavy atom. The van der Waals surface area contributed by atoms with Crippen LogP contribution in [0.5, 0.6) is 5.75 Å². The first-order valence-corrected chi connectivity index (χ1v) is 11.5. The zero-order chi connectivity index (χ0) is 19.6. The highest BCUT2D eigenvalue weighted by Crippen LogP contribution is 2.34. The van der Waals surface area contributed by atoms with Crippen LogP contribution in [-0.2, 0) is 6.42 Å². The number of hydrogen-bond donors (Lipinski definition) is 0. The zero-order valence-electron chi connectivity index (χ0n) is 17.8. The summed E-state index contributed by atoms with van der Waals surface area (Å²) in [6.45, 7) is 5.20. The molecule has 0 atom stereocenters. The summed E-state index contributed by atoms with van der Waals surface area (Å²) in [5.41, 5.74) is 3.57. The number of ether oxygens (including phenoxy) is 1. The van der Waals surface area contributed by atoms with E-state index in [1.54, 1.807) is 0 Å². The summed E-state index contributed by atoms with van der Waals surface area (Å²) in [5.74, 6) is 2.87. The van der Waals surface area contributed by atoms with Crippen molar-refractivity contribution in [1.82, 2.24) is 4.98 Å². The molecule has 0 amide bonds. The lowest BCUT2D eigenvalue weighted by atomic mass is 9.78. The van der Waals surface area contributed by atoms with Crippen LogP contribution in [0.3, 0.4) is 0 Å². The number of pyridine rings is 1. The number of aromatic nitrogens is 1. The summed E-state index contributed by atoms with van der Waals surface area (Å²) in [6.07, 6.45) is 15.6. The molecule has 1 aliphatic carbocycles. The fraction of sp³-hybridized carbons (Fsp3) is 0.577. The average molecular weight is 380 g/mol. The third kappa shape index (κ3) is 6.36. The molecule has 0 unspecified atom stereocenters. The van der Waals surface area contributed by atoms with E-state index in [1.807, 2.05) is 12.1 Å². The number of hydrogen-bond acceptors (Lipinski definition) is 2. The maximum atomic E-state index is 5.66. The van der Waals surface area contributed by atoms with Crippen LogP contribution in [0.4, 0.5) is 0 Å².